The van der Waals surface area contributed by atoms with Gasteiger partial charge in [-0.15, -0.1) is 0 Å². The Labute approximate surface area is 176 Å². The lowest BCUT2D eigenvalue weighted by molar-refractivity contribution is 0.252. The van der Waals surface area contributed by atoms with Crippen LogP contribution in [0.2, 0.25) is 0 Å². The van der Waals surface area contributed by atoms with E-state index in [-0.39, 0.29) is 6.03 Å². The highest BCUT2D eigenvalue weighted by molar-refractivity contribution is 5.90. The Balaban J connectivity index is 1.53. The minimum Gasteiger partial charge on any atom is -0.495 e. The highest BCUT2D eigenvalue weighted by Gasteiger charge is 2.09. The van der Waals surface area contributed by atoms with Gasteiger partial charge in [0.15, 0.2) is 0 Å². The van der Waals surface area contributed by atoms with Gasteiger partial charge in [-0.2, -0.15) is 5.26 Å². The first-order chi connectivity index (χ1) is 14.5. The number of nitrogens with one attached hydrogen (secondary N) is 3. The van der Waals surface area contributed by atoms with Crippen LogP contribution < -0.4 is 20.7 Å². The lowest BCUT2D eigenvalue weighted by atomic mass is 10.1. The van der Waals surface area contributed by atoms with E-state index in [1.165, 1.54) is 0 Å². The van der Waals surface area contributed by atoms with Crippen molar-refractivity contribution in [3.63, 3.8) is 0 Å². The van der Waals surface area contributed by atoms with Gasteiger partial charge in [0, 0.05) is 18.5 Å². The maximum absolute atomic E-state index is 12.1. The first-order valence-electron chi connectivity index (χ1n) is 9.75. The molecule has 3 rings (SSSR count). The highest BCUT2D eigenvalue weighted by Crippen LogP contribution is 2.24. The van der Waals surface area contributed by atoms with Crippen molar-refractivity contribution in [1.29, 1.82) is 5.26 Å². The van der Waals surface area contributed by atoms with Crippen LogP contribution in [0.5, 0.6) is 5.75 Å². The molecule has 0 radical (unpaired) electrons. The van der Waals surface area contributed by atoms with E-state index < -0.39 is 0 Å². The van der Waals surface area contributed by atoms with Gasteiger partial charge < -0.3 is 20.7 Å². The molecule has 1 aromatic heterocycles. The highest BCUT2D eigenvalue weighted by atomic mass is 16.5. The Morgan fingerprint density at radius 2 is 1.97 bits per heavy atom. The first-order valence-corrected chi connectivity index (χ1v) is 9.75. The number of methoxy groups -OCH3 is 1. The number of anilines is 2. The summed E-state index contributed by atoms with van der Waals surface area (Å²) in [7, 11) is 1.56. The molecular formula is C23H25N5O2. The van der Waals surface area contributed by atoms with Crippen LogP contribution in [-0.4, -0.2) is 31.2 Å². The van der Waals surface area contributed by atoms with Gasteiger partial charge in [0.05, 0.1) is 23.9 Å². The monoisotopic (exact) mass is 403 g/mol. The molecule has 0 aliphatic heterocycles. The molecule has 0 aliphatic carbocycles. The first kappa shape index (κ1) is 20.9. The van der Waals surface area contributed by atoms with Gasteiger partial charge in [-0.05, 0) is 50.1 Å². The van der Waals surface area contributed by atoms with Crippen molar-refractivity contribution in [1.82, 2.24) is 10.3 Å². The molecule has 0 saturated heterocycles. The summed E-state index contributed by atoms with van der Waals surface area (Å²) in [6.45, 7) is 5.10. The zero-order chi connectivity index (χ0) is 21.5. The second-order valence-corrected chi connectivity index (χ2v) is 7.01. The third kappa shape index (κ3) is 4.97. The number of aromatic nitrogens is 1. The van der Waals surface area contributed by atoms with E-state index in [9.17, 15) is 10.1 Å². The predicted molar refractivity (Wildman–Crippen MR) is 119 cm³/mol. The zero-order valence-corrected chi connectivity index (χ0v) is 17.4. The average molecular weight is 403 g/mol. The fourth-order valence-electron chi connectivity index (χ4n) is 3.28. The Morgan fingerprint density at radius 1 is 1.17 bits per heavy atom. The van der Waals surface area contributed by atoms with E-state index in [4.69, 9.17) is 4.74 Å². The predicted octanol–water partition coefficient (Wildman–Crippen LogP) is 4.36. The standard InChI is InChI=1S/C23H25N5O2/c1-15-11-16(2)21-17(12-15)13-18(14-24)22(28-21)25-9-6-10-26-23(29)27-19-7-4-5-8-20(19)30-3/h4-5,7-8,11-13H,6,9-10H2,1-3H3,(H,25,28)(H2,26,27,29). The molecule has 0 saturated carbocycles. The maximum Gasteiger partial charge on any atom is 0.319 e. The van der Waals surface area contributed by atoms with E-state index >= 15 is 0 Å². The van der Waals surface area contributed by atoms with Crippen LogP contribution in [0.15, 0.2) is 42.5 Å². The molecule has 2 aromatic carbocycles. The minimum atomic E-state index is -0.299. The number of amides is 2. The van der Waals surface area contributed by atoms with E-state index in [1.54, 1.807) is 19.2 Å². The topological polar surface area (TPSA) is 99.1 Å². The van der Waals surface area contributed by atoms with Crippen LogP contribution in [0.1, 0.15) is 23.1 Å². The number of fused-ring (bicyclic) bond motifs is 1. The molecule has 1 heterocycles. The van der Waals surface area contributed by atoms with Crippen molar-refractivity contribution < 1.29 is 9.53 Å². The van der Waals surface area contributed by atoms with Crippen molar-refractivity contribution in [2.75, 3.05) is 30.8 Å². The number of nitrogens with zero attached hydrogens (tertiary/aromatic N) is 2. The lowest BCUT2D eigenvalue weighted by Crippen LogP contribution is -2.30. The summed E-state index contributed by atoms with van der Waals surface area (Å²) in [5.41, 5.74) is 4.22. The number of rotatable bonds is 7. The molecule has 30 heavy (non-hydrogen) atoms. The zero-order valence-electron chi connectivity index (χ0n) is 17.4. The molecule has 0 bridgehead atoms. The summed E-state index contributed by atoms with van der Waals surface area (Å²) in [6.07, 6.45) is 0.677. The number of hydrogen-bond acceptors (Lipinski definition) is 5. The van der Waals surface area contributed by atoms with Crippen molar-refractivity contribution >= 4 is 28.4 Å². The Hall–Kier alpha value is -3.79. The molecule has 7 nitrogen and oxygen atoms in total. The third-order valence-corrected chi connectivity index (χ3v) is 4.66. The van der Waals surface area contributed by atoms with Gasteiger partial charge in [0.2, 0.25) is 0 Å². The number of urea groups is 1. The van der Waals surface area contributed by atoms with Gasteiger partial charge in [-0.1, -0.05) is 23.8 Å². The second-order valence-electron chi connectivity index (χ2n) is 7.01. The van der Waals surface area contributed by atoms with Gasteiger partial charge >= 0.3 is 6.03 Å². The molecule has 0 unspecified atom stereocenters. The summed E-state index contributed by atoms with van der Waals surface area (Å²) in [6, 6.07) is 15.1. The molecule has 7 heteroatoms. The smallest absolute Gasteiger partial charge is 0.319 e. The molecule has 0 aliphatic rings. The Bertz CT molecular complexity index is 1100. The summed E-state index contributed by atoms with van der Waals surface area (Å²) in [4.78, 5) is 16.7. The summed E-state index contributed by atoms with van der Waals surface area (Å²) >= 11 is 0. The summed E-state index contributed by atoms with van der Waals surface area (Å²) in [5.74, 6) is 1.17. The van der Waals surface area contributed by atoms with Gasteiger partial charge in [0.25, 0.3) is 0 Å². The van der Waals surface area contributed by atoms with E-state index in [1.807, 2.05) is 38.1 Å². The van der Waals surface area contributed by atoms with Crippen molar-refractivity contribution in [3.05, 3.63) is 59.2 Å². The minimum absolute atomic E-state index is 0.299. The lowest BCUT2D eigenvalue weighted by Gasteiger charge is -2.12. The van der Waals surface area contributed by atoms with Crippen molar-refractivity contribution in [3.8, 4) is 11.8 Å². The van der Waals surface area contributed by atoms with Crippen LogP contribution in [0.25, 0.3) is 10.9 Å². The van der Waals surface area contributed by atoms with Crippen LogP contribution >= 0.6 is 0 Å². The number of benzene rings is 2. The number of para-hydroxylation sites is 2. The van der Waals surface area contributed by atoms with Crippen molar-refractivity contribution in [2.24, 2.45) is 0 Å². The number of ether oxygens (including phenoxy) is 1. The Morgan fingerprint density at radius 3 is 2.73 bits per heavy atom. The van der Waals surface area contributed by atoms with Crippen LogP contribution in [0.3, 0.4) is 0 Å². The molecule has 0 fully saturated rings. The van der Waals surface area contributed by atoms with E-state index in [0.717, 1.165) is 22.0 Å². The molecule has 0 spiro atoms. The number of carbonyl (C=O) groups is 1. The maximum atomic E-state index is 12.1. The third-order valence-electron chi connectivity index (χ3n) is 4.66. The molecule has 3 aromatic rings. The molecule has 3 N–H and O–H groups in total. The molecular weight excluding hydrogens is 378 g/mol. The van der Waals surface area contributed by atoms with Crippen LogP contribution in [0, 0.1) is 25.2 Å². The van der Waals surface area contributed by atoms with Crippen LogP contribution in [0.4, 0.5) is 16.3 Å². The Kier molecular flexibility index (Phi) is 6.71. The second kappa shape index (κ2) is 9.61. The number of pyridine rings is 1. The number of hydrogen-bond donors (Lipinski definition) is 3. The normalized spacial score (nSPS) is 10.3. The number of carbonyl (C=O) groups excluding carboxylic acids is 1. The summed E-state index contributed by atoms with van der Waals surface area (Å²) < 4.78 is 5.22. The summed E-state index contributed by atoms with van der Waals surface area (Å²) in [5, 5.41) is 19.2. The number of nitriles is 1. The molecule has 0 atom stereocenters. The molecule has 2 amide bonds. The van der Waals surface area contributed by atoms with Gasteiger partial charge in [-0.25, -0.2) is 9.78 Å². The number of aryl methyl sites for hydroxylation is 2. The van der Waals surface area contributed by atoms with Gasteiger partial charge in [-0.3, -0.25) is 0 Å². The van der Waals surface area contributed by atoms with Gasteiger partial charge in [0.1, 0.15) is 17.6 Å². The fraction of sp³-hybridized carbons (Fsp3) is 0.261. The van der Waals surface area contributed by atoms with Crippen LogP contribution in [-0.2, 0) is 0 Å². The van der Waals surface area contributed by atoms with E-state index in [0.29, 0.717) is 42.3 Å². The quantitative estimate of drug-likeness (QED) is 0.509. The average Bonchev–Trinajstić information content (AvgIpc) is 2.73. The largest absolute Gasteiger partial charge is 0.495 e. The fourth-order valence-corrected chi connectivity index (χ4v) is 3.28. The van der Waals surface area contributed by atoms with Crippen molar-refractivity contribution in [2.45, 2.75) is 20.3 Å². The van der Waals surface area contributed by atoms with E-state index in [2.05, 4.69) is 33.1 Å². The SMILES string of the molecule is COc1ccccc1NC(=O)NCCCNc1nc2c(C)cc(C)cc2cc1C#N. The molecule has 154 valence electrons.